The molecule has 148 valence electrons. The van der Waals surface area contributed by atoms with Gasteiger partial charge in [-0.1, -0.05) is 5.16 Å². The van der Waals surface area contributed by atoms with E-state index in [9.17, 15) is 9.59 Å². The number of hydrogen-bond acceptors (Lipinski definition) is 8. The van der Waals surface area contributed by atoms with E-state index in [1.165, 1.54) is 14.2 Å². The van der Waals surface area contributed by atoms with E-state index in [0.29, 0.717) is 40.0 Å². The molecule has 0 aromatic heterocycles. The first kappa shape index (κ1) is 17.4. The lowest BCUT2D eigenvalue weighted by Crippen LogP contribution is -2.33. The molecule has 3 aliphatic rings. The second-order valence-electron chi connectivity index (χ2n) is 6.60. The van der Waals surface area contributed by atoms with E-state index in [4.69, 9.17) is 23.8 Å². The molecule has 0 saturated carbocycles. The lowest BCUT2D eigenvalue weighted by molar-refractivity contribution is -0.126. The van der Waals surface area contributed by atoms with Crippen LogP contribution < -0.4 is 23.8 Å². The lowest BCUT2D eigenvalue weighted by atomic mass is 9.94. The third kappa shape index (κ3) is 2.50. The van der Waals surface area contributed by atoms with Gasteiger partial charge in [0.25, 0.3) is 5.91 Å². The number of carbonyl (C=O) groups is 2. The van der Waals surface area contributed by atoms with E-state index in [0.717, 1.165) is 4.90 Å². The number of fused-ring (bicyclic) bond motifs is 2. The van der Waals surface area contributed by atoms with Crippen LogP contribution in [0.3, 0.4) is 0 Å². The van der Waals surface area contributed by atoms with Gasteiger partial charge in [0, 0.05) is 11.6 Å². The van der Waals surface area contributed by atoms with Crippen molar-refractivity contribution in [2.24, 2.45) is 11.1 Å². The number of oxime groups is 1. The average Bonchev–Trinajstić information content (AvgIpc) is 3.44. The van der Waals surface area contributed by atoms with E-state index in [-0.39, 0.29) is 6.79 Å². The molecule has 0 N–H and O–H groups in total. The molecule has 1 saturated heterocycles. The largest absolute Gasteiger partial charge is 0.493 e. The zero-order valence-electron chi connectivity index (χ0n) is 15.6. The maximum atomic E-state index is 13.2. The summed E-state index contributed by atoms with van der Waals surface area (Å²) in [6, 6.07) is 10.1. The van der Waals surface area contributed by atoms with Gasteiger partial charge in [-0.2, -0.15) is 0 Å². The molecule has 0 spiro atoms. The van der Waals surface area contributed by atoms with Crippen molar-refractivity contribution in [1.82, 2.24) is 0 Å². The summed E-state index contributed by atoms with van der Waals surface area (Å²) in [5.74, 6) is 0.351. The minimum atomic E-state index is -1.00. The number of amides is 2. The van der Waals surface area contributed by atoms with Gasteiger partial charge in [-0.15, -0.1) is 0 Å². The van der Waals surface area contributed by atoms with E-state index >= 15 is 0 Å². The van der Waals surface area contributed by atoms with Crippen LogP contribution in [0.5, 0.6) is 23.0 Å². The Labute approximate surface area is 165 Å². The number of nitrogens with zero attached hydrogens (tertiary/aromatic N) is 2. The van der Waals surface area contributed by atoms with Gasteiger partial charge in [0.15, 0.2) is 23.0 Å². The normalized spacial score (nSPS) is 21.7. The molecular weight excluding hydrogens is 380 g/mol. The number of methoxy groups -OCH3 is 2. The monoisotopic (exact) mass is 396 g/mol. The van der Waals surface area contributed by atoms with Crippen molar-refractivity contribution in [3.05, 3.63) is 42.0 Å². The van der Waals surface area contributed by atoms with Crippen LogP contribution in [-0.4, -0.2) is 44.6 Å². The van der Waals surface area contributed by atoms with Crippen LogP contribution in [0.4, 0.5) is 5.69 Å². The summed E-state index contributed by atoms with van der Waals surface area (Å²) < 4.78 is 21.2. The Morgan fingerprint density at radius 2 is 1.76 bits per heavy atom. The predicted molar refractivity (Wildman–Crippen MR) is 99.5 cm³/mol. The standard InChI is InChI=1S/C20H16N2O7/c1-25-12-5-3-10(7-14(12)26-2)17-16-18(29-21-17)20(24)22(19(16)23)11-4-6-13-15(8-11)28-9-27-13/h3-8,16,18H,9H2,1-2H3/t16-,18-/m0/s1. The van der Waals surface area contributed by atoms with Crippen LogP contribution in [0.1, 0.15) is 5.56 Å². The number of ether oxygens (including phenoxy) is 4. The molecule has 2 aromatic rings. The summed E-state index contributed by atoms with van der Waals surface area (Å²) >= 11 is 0. The highest BCUT2D eigenvalue weighted by atomic mass is 16.7. The molecule has 9 nitrogen and oxygen atoms in total. The van der Waals surface area contributed by atoms with Gasteiger partial charge in [0.1, 0.15) is 11.6 Å². The zero-order chi connectivity index (χ0) is 20.1. The van der Waals surface area contributed by atoms with Crippen molar-refractivity contribution in [2.45, 2.75) is 6.10 Å². The number of carbonyl (C=O) groups excluding carboxylic acids is 2. The van der Waals surface area contributed by atoms with Crippen molar-refractivity contribution in [2.75, 3.05) is 25.9 Å². The highest BCUT2D eigenvalue weighted by molar-refractivity contribution is 6.32. The topological polar surface area (TPSA) is 95.9 Å². The highest BCUT2D eigenvalue weighted by Gasteiger charge is 2.56. The predicted octanol–water partition coefficient (Wildman–Crippen LogP) is 1.72. The summed E-state index contributed by atoms with van der Waals surface area (Å²) in [5, 5.41) is 4.02. The first-order valence-electron chi connectivity index (χ1n) is 8.86. The first-order chi connectivity index (χ1) is 14.1. The third-order valence-electron chi connectivity index (χ3n) is 5.11. The molecule has 1 fully saturated rings. The van der Waals surface area contributed by atoms with Crippen LogP contribution in [0, 0.1) is 5.92 Å². The summed E-state index contributed by atoms with van der Waals surface area (Å²) in [6.07, 6.45) is -1.00. The van der Waals surface area contributed by atoms with Gasteiger partial charge >= 0.3 is 0 Å². The Kier molecular flexibility index (Phi) is 3.83. The van der Waals surface area contributed by atoms with Crippen LogP contribution in [0.2, 0.25) is 0 Å². The molecule has 0 aliphatic carbocycles. The second kappa shape index (κ2) is 6.40. The van der Waals surface area contributed by atoms with Crippen molar-refractivity contribution in [3.63, 3.8) is 0 Å². The van der Waals surface area contributed by atoms with Gasteiger partial charge in [-0.3, -0.25) is 9.59 Å². The van der Waals surface area contributed by atoms with Gasteiger partial charge in [-0.25, -0.2) is 4.90 Å². The molecule has 9 heteroatoms. The third-order valence-corrected chi connectivity index (χ3v) is 5.11. The Morgan fingerprint density at radius 1 is 0.966 bits per heavy atom. The van der Waals surface area contributed by atoms with Crippen LogP contribution >= 0.6 is 0 Å². The molecule has 2 amide bonds. The van der Waals surface area contributed by atoms with Gasteiger partial charge < -0.3 is 23.8 Å². The molecule has 2 atom stereocenters. The minimum Gasteiger partial charge on any atom is -0.493 e. The summed E-state index contributed by atoms with van der Waals surface area (Å²) in [7, 11) is 3.05. The molecule has 3 heterocycles. The van der Waals surface area contributed by atoms with Gasteiger partial charge in [0.2, 0.25) is 18.8 Å². The molecule has 0 radical (unpaired) electrons. The smallest absolute Gasteiger partial charge is 0.278 e. The maximum absolute atomic E-state index is 13.2. The number of imide groups is 1. The van der Waals surface area contributed by atoms with Crippen LogP contribution in [0.15, 0.2) is 41.6 Å². The molecule has 29 heavy (non-hydrogen) atoms. The molecular formula is C20H16N2O7. The number of hydrogen-bond donors (Lipinski definition) is 0. The van der Waals surface area contributed by atoms with E-state index in [2.05, 4.69) is 5.16 Å². The molecule has 3 aliphatic heterocycles. The van der Waals surface area contributed by atoms with Crippen LogP contribution in [-0.2, 0) is 14.4 Å². The molecule has 2 aromatic carbocycles. The Balaban J connectivity index is 1.49. The van der Waals surface area contributed by atoms with Crippen molar-refractivity contribution >= 4 is 23.2 Å². The zero-order valence-corrected chi connectivity index (χ0v) is 15.6. The number of anilines is 1. The van der Waals surface area contributed by atoms with Crippen molar-refractivity contribution in [3.8, 4) is 23.0 Å². The first-order valence-corrected chi connectivity index (χ1v) is 8.86. The highest BCUT2D eigenvalue weighted by Crippen LogP contribution is 2.40. The number of benzene rings is 2. The summed E-state index contributed by atoms with van der Waals surface area (Å²) in [5.41, 5.74) is 1.38. The maximum Gasteiger partial charge on any atom is 0.278 e. The van der Waals surface area contributed by atoms with E-state index in [1.54, 1.807) is 36.4 Å². The van der Waals surface area contributed by atoms with E-state index < -0.39 is 23.8 Å². The average molecular weight is 396 g/mol. The fraction of sp³-hybridized carbons (Fsp3) is 0.250. The summed E-state index contributed by atoms with van der Waals surface area (Å²) in [4.78, 5) is 32.5. The van der Waals surface area contributed by atoms with Gasteiger partial charge in [0.05, 0.1) is 19.9 Å². The fourth-order valence-electron chi connectivity index (χ4n) is 3.69. The Morgan fingerprint density at radius 3 is 2.55 bits per heavy atom. The lowest BCUT2D eigenvalue weighted by Gasteiger charge is -2.16. The summed E-state index contributed by atoms with van der Waals surface area (Å²) in [6.45, 7) is 0.102. The quantitative estimate of drug-likeness (QED) is 0.726. The Hall–Kier alpha value is -3.75. The van der Waals surface area contributed by atoms with Crippen molar-refractivity contribution < 1.29 is 33.4 Å². The van der Waals surface area contributed by atoms with Crippen LogP contribution in [0.25, 0.3) is 0 Å². The molecule has 5 rings (SSSR count). The SMILES string of the molecule is COc1ccc(C2=NO[C@@H]3C(=O)N(c4ccc5c(c4)OCO5)C(=O)[C@@H]23)cc1OC. The molecule has 0 bridgehead atoms. The molecule has 0 unspecified atom stereocenters. The minimum absolute atomic E-state index is 0.102. The second-order valence-corrected chi connectivity index (χ2v) is 6.60. The van der Waals surface area contributed by atoms with Crippen molar-refractivity contribution in [1.29, 1.82) is 0 Å². The Bertz CT molecular complexity index is 1060. The van der Waals surface area contributed by atoms with Gasteiger partial charge in [-0.05, 0) is 30.3 Å². The number of rotatable bonds is 4. The van der Waals surface area contributed by atoms with E-state index in [1.807, 2.05) is 0 Å². The fourth-order valence-corrected chi connectivity index (χ4v) is 3.69.